The molecule has 0 fully saturated rings. The van der Waals surface area contributed by atoms with Gasteiger partial charge in [-0.25, -0.2) is 0 Å². The quantitative estimate of drug-likeness (QED) is 0.445. The lowest BCUT2D eigenvalue weighted by Gasteiger charge is -2.09. The summed E-state index contributed by atoms with van der Waals surface area (Å²) in [6, 6.07) is 13.0. The number of carbonyl (C=O) groups excluding carboxylic acids is 1. The van der Waals surface area contributed by atoms with E-state index in [-0.39, 0.29) is 0 Å². The number of hydrogen-bond donors (Lipinski definition) is 0. The van der Waals surface area contributed by atoms with Crippen LogP contribution in [-0.2, 0) is 0 Å². The molecule has 0 aliphatic heterocycles. The summed E-state index contributed by atoms with van der Waals surface area (Å²) in [6.07, 6.45) is 0.870. The first-order valence-electron chi connectivity index (χ1n) is 5.47. The molecule has 3 aromatic carbocycles. The van der Waals surface area contributed by atoms with Crippen LogP contribution in [-0.4, -0.2) is 6.29 Å². The normalized spacial score (nSPS) is 11.0. The summed E-state index contributed by atoms with van der Waals surface area (Å²) in [6.45, 7) is 0. The smallest absolute Gasteiger partial charge is 0.151 e. The minimum absolute atomic E-state index is 0.608. The highest BCUT2D eigenvalue weighted by molar-refractivity contribution is 6.42. The summed E-state index contributed by atoms with van der Waals surface area (Å²) in [5, 5.41) is 4.62. The molecule has 0 spiro atoms. The van der Waals surface area contributed by atoms with Gasteiger partial charge in [-0.1, -0.05) is 53.5 Å². The van der Waals surface area contributed by atoms with Crippen LogP contribution < -0.4 is 0 Å². The molecule has 0 unspecified atom stereocenters. The number of halogens is 2. The maximum absolute atomic E-state index is 11.4. The second kappa shape index (κ2) is 4.27. The average molecular weight is 275 g/mol. The fraction of sp³-hybridized carbons (Fsp3) is 0. The van der Waals surface area contributed by atoms with Gasteiger partial charge in [-0.05, 0) is 22.9 Å². The number of carbonyl (C=O) groups is 1. The van der Waals surface area contributed by atoms with Gasteiger partial charge in [0.1, 0.15) is 0 Å². The van der Waals surface area contributed by atoms with Crippen LogP contribution in [0.5, 0.6) is 0 Å². The van der Waals surface area contributed by atoms with Crippen LogP contribution in [0.2, 0.25) is 10.0 Å². The highest BCUT2D eigenvalue weighted by Gasteiger charge is 2.11. The van der Waals surface area contributed by atoms with Gasteiger partial charge in [-0.3, -0.25) is 4.79 Å². The highest BCUT2D eigenvalue weighted by atomic mass is 35.5. The molecule has 0 bridgehead atoms. The number of benzene rings is 3. The van der Waals surface area contributed by atoms with E-state index in [1.165, 1.54) is 0 Å². The first-order valence-corrected chi connectivity index (χ1v) is 6.22. The van der Waals surface area contributed by atoms with E-state index in [4.69, 9.17) is 23.2 Å². The topological polar surface area (TPSA) is 17.1 Å². The summed E-state index contributed by atoms with van der Waals surface area (Å²) >= 11 is 12.4. The molecule has 0 heterocycles. The van der Waals surface area contributed by atoms with Gasteiger partial charge in [0.25, 0.3) is 0 Å². The van der Waals surface area contributed by atoms with E-state index in [0.717, 1.165) is 27.8 Å². The van der Waals surface area contributed by atoms with Gasteiger partial charge in [0.05, 0.1) is 5.02 Å². The van der Waals surface area contributed by atoms with Crippen molar-refractivity contribution in [2.75, 3.05) is 0 Å². The van der Waals surface area contributed by atoms with Crippen molar-refractivity contribution >= 4 is 51.0 Å². The first kappa shape index (κ1) is 11.5. The van der Waals surface area contributed by atoms with E-state index in [9.17, 15) is 4.79 Å². The fourth-order valence-corrected chi connectivity index (χ4v) is 2.75. The van der Waals surface area contributed by atoms with Gasteiger partial charge in [-0.2, -0.15) is 0 Å². The van der Waals surface area contributed by atoms with Crippen molar-refractivity contribution in [1.29, 1.82) is 0 Å². The monoisotopic (exact) mass is 274 g/mol. The Labute approximate surface area is 114 Å². The fourth-order valence-electron chi connectivity index (χ4n) is 2.26. The second-order valence-electron chi connectivity index (χ2n) is 4.08. The molecule has 1 nitrogen and oxygen atoms in total. The zero-order valence-electron chi connectivity index (χ0n) is 9.28. The number of hydrogen-bond acceptors (Lipinski definition) is 1. The van der Waals surface area contributed by atoms with E-state index in [0.29, 0.717) is 15.6 Å². The molecule has 88 valence electrons. The minimum atomic E-state index is 0.608. The third kappa shape index (κ3) is 1.59. The van der Waals surface area contributed by atoms with E-state index < -0.39 is 0 Å². The molecule has 3 aromatic rings. The summed E-state index contributed by atoms with van der Waals surface area (Å²) in [5.41, 5.74) is 0.654. The lowest BCUT2D eigenvalue weighted by atomic mass is 9.97. The van der Waals surface area contributed by atoms with Gasteiger partial charge in [0.15, 0.2) is 6.29 Å². The van der Waals surface area contributed by atoms with Gasteiger partial charge in [0.2, 0.25) is 0 Å². The van der Waals surface area contributed by atoms with Crippen molar-refractivity contribution in [1.82, 2.24) is 0 Å². The lowest BCUT2D eigenvalue weighted by molar-refractivity contribution is 0.112. The van der Waals surface area contributed by atoms with Crippen LogP contribution in [0.3, 0.4) is 0 Å². The zero-order valence-corrected chi connectivity index (χ0v) is 10.8. The van der Waals surface area contributed by atoms with Crippen LogP contribution >= 0.6 is 23.2 Å². The Balaban J connectivity index is 2.65. The average Bonchev–Trinajstić information content (AvgIpc) is 2.40. The molecule has 0 aliphatic carbocycles. The van der Waals surface area contributed by atoms with E-state index in [1.807, 2.05) is 30.3 Å². The second-order valence-corrected chi connectivity index (χ2v) is 4.90. The Morgan fingerprint density at radius 3 is 2.22 bits per heavy atom. The van der Waals surface area contributed by atoms with Gasteiger partial charge in [-0.15, -0.1) is 0 Å². The first-order chi connectivity index (χ1) is 8.72. The van der Waals surface area contributed by atoms with Gasteiger partial charge >= 0.3 is 0 Å². The lowest BCUT2D eigenvalue weighted by Crippen LogP contribution is -1.89. The number of aldehydes is 1. The van der Waals surface area contributed by atoms with Crippen LogP contribution in [0, 0.1) is 0 Å². The Morgan fingerprint density at radius 1 is 0.833 bits per heavy atom. The van der Waals surface area contributed by atoms with E-state index in [2.05, 4.69) is 0 Å². The molecule has 0 saturated heterocycles. The van der Waals surface area contributed by atoms with Crippen molar-refractivity contribution in [2.45, 2.75) is 0 Å². The molecule has 3 rings (SSSR count). The predicted octanol–water partition coefficient (Wildman–Crippen LogP) is 5.11. The SMILES string of the molecule is O=Cc1c2ccccc2c(Cl)c2cc(Cl)ccc12. The molecule has 0 atom stereocenters. The summed E-state index contributed by atoms with van der Waals surface area (Å²) in [7, 11) is 0. The predicted molar refractivity (Wildman–Crippen MR) is 76.9 cm³/mol. The van der Waals surface area contributed by atoms with Gasteiger partial charge in [0, 0.05) is 21.4 Å². The Morgan fingerprint density at radius 2 is 1.50 bits per heavy atom. The van der Waals surface area contributed by atoms with Crippen molar-refractivity contribution in [2.24, 2.45) is 0 Å². The summed E-state index contributed by atoms with van der Waals surface area (Å²) in [5.74, 6) is 0. The van der Waals surface area contributed by atoms with Crippen LogP contribution in [0.4, 0.5) is 0 Å². The zero-order chi connectivity index (χ0) is 12.7. The molecule has 0 N–H and O–H groups in total. The molecule has 0 aliphatic rings. The van der Waals surface area contributed by atoms with Crippen molar-refractivity contribution in [3.05, 3.63) is 58.1 Å². The van der Waals surface area contributed by atoms with Crippen molar-refractivity contribution in [3.8, 4) is 0 Å². The largest absolute Gasteiger partial charge is 0.298 e. The standard InChI is InChI=1S/C15H8Cl2O/c16-9-5-6-11-13(7-9)15(17)12-4-2-1-3-10(12)14(11)8-18/h1-8H. The summed E-state index contributed by atoms with van der Waals surface area (Å²) in [4.78, 5) is 11.4. The highest BCUT2D eigenvalue weighted by Crippen LogP contribution is 2.36. The third-order valence-corrected chi connectivity index (χ3v) is 3.72. The van der Waals surface area contributed by atoms with E-state index in [1.54, 1.807) is 12.1 Å². The molecular weight excluding hydrogens is 267 g/mol. The van der Waals surface area contributed by atoms with Crippen molar-refractivity contribution < 1.29 is 4.79 Å². The maximum atomic E-state index is 11.4. The third-order valence-electron chi connectivity index (χ3n) is 3.08. The molecule has 0 radical (unpaired) electrons. The summed E-state index contributed by atoms with van der Waals surface area (Å²) < 4.78 is 0. The molecule has 18 heavy (non-hydrogen) atoms. The molecule has 0 aromatic heterocycles. The minimum Gasteiger partial charge on any atom is -0.298 e. The van der Waals surface area contributed by atoms with Crippen LogP contribution in [0.1, 0.15) is 10.4 Å². The molecule has 3 heteroatoms. The maximum Gasteiger partial charge on any atom is 0.151 e. The van der Waals surface area contributed by atoms with E-state index >= 15 is 0 Å². The van der Waals surface area contributed by atoms with Crippen LogP contribution in [0.25, 0.3) is 21.5 Å². The number of rotatable bonds is 1. The Bertz CT molecular complexity index is 778. The Hall–Kier alpha value is -1.57. The Kier molecular flexibility index (Phi) is 2.73. The molecule has 0 saturated carbocycles. The van der Waals surface area contributed by atoms with Crippen molar-refractivity contribution in [3.63, 3.8) is 0 Å². The molecule has 0 amide bonds. The van der Waals surface area contributed by atoms with Gasteiger partial charge < -0.3 is 0 Å². The molecular formula is C15H8Cl2O. The van der Waals surface area contributed by atoms with Crippen LogP contribution in [0.15, 0.2) is 42.5 Å². The number of fused-ring (bicyclic) bond motifs is 2.